The van der Waals surface area contributed by atoms with Crippen molar-refractivity contribution in [1.82, 2.24) is 0 Å². The summed E-state index contributed by atoms with van der Waals surface area (Å²) in [4.78, 5) is 0. The van der Waals surface area contributed by atoms with E-state index in [0.29, 0.717) is 24.5 Å². The van der Waals surface area contributed by atoms with Gasteiger partial charge in [0.15, 0.2) is 17.4 Å². The number of nitrogens with two attached hydrogens (primary N) is 1. The van der Waals surface area contributed by atoms with E-state index in [4.69, 9.17) is 15.2 Å². The summed E-state index contributed by atoms with van der Waals surface area (Å²) in [7, 11) is 0. The molecule has 0 fully saturated rings. The van der Waals surface area contributed by atoms with E-state index in [9.17, 15) is 8.78 Å². The fourth-order valence-electron chi connectivity index (χ4n) is 1.65. The van der Waals surface area contributed by atoms with Crippen molar-refractivity contribution in [3.63, 3.8) is 0 Å². The molecule has 0 atom stereocenters. The Balaban J connectivity index is 1.74. The van der Waals surface area contributed by atoms with Crippen molar-refractivity contribution < 1.29 is 18.3 Å². The monoisotopic (exact) mass is 279 g/mol. The van der Waals surface area contributed by atoms with Crippen LogP contribution in [0.4, 0.5) is 14.5 Å². The Labute approximate surface area is 115 Å². The first-order valence-electron chi connectivity index (χ1n) is 6.22. The Kier molecular flexibility index (Phi) is 4.76. The van der Waals surface area contributed by atoms with Crippen molar-refractivity contribution in [3.05, 3.63) is 54.1 Å². The second kappa shape index (κ2) is 6.75. The van der Waals surface area contributed by atoms with Gasteiger partial charge in [-0.1, -0.05) is 12.1 Å². The molecule has 2 aromatic carbocycles. The molecule has 0 unspecified atom stereocenters. The molecule has 2 rings (SSSR count). The highest BCUT2D eigenvalue weighted by Crippen LogP contribution is 2.21. The molecule has 3 nitrogen and oxygen atoms in total. The molecule has 0 spiro atoms. The molecule has 0 aliphatic heterocycles. The van der Waals surface area contributed by atoms with E-state index in [2.05, 4.69) is 0 Å². The van der Waals surface area contributed by atoms with Gasteiger partial charge in [-0.3, -0.25) is 0 Å². The highest BCUT2D eigenvalue weighted by atomic mass is 19.1. The zero-order chi connectivity index (χ0) is 14.4. The molecule has 0 aliphatic rings. The first-order valence-corrected chi connectivity index (χ1v) is 6.22. The molecule has 2 N–H and O–H groups in total. The highest BCUT2D eigenvalue weighted by Gasteiger charge is 2.08. The molecule has 20 heavy (non-hydrogen) atoms. The Morgan fingerprint density at radius 1 is 0.900 bits per heavy atom. The van der Waals surface area contributed by atoms with Crippen LogP contribution in [0.2, 0.25) is 0 Å². The molecule has 0 bridgehead atoms. The smallest absolute Gasteiger partial charge is 0.190 e. The fraction of sp³-hybridized carbons (Fsp3) is 0.200. The van der Waals surface area contributed by atoms with Gasteiger partial charge in [0.25, 0.3) is 0 Å². The normalized spacial score (nSPS) is 10.3. The van der Waals surface area contributed by atoms with E-state index in [0.717, 1.165) is 12.1 Å². The molecular weight excluding hydrogens is 264 g/mol. The lowest BCUT2D eigenvalue weighted by Crippen LogP contribution is -2.07. The number of rotatable bonds is 6. The Bertz CT molecular complexity index is 555. The van der Waals surface area contributed by atoms with Gasteiger partial charge >= 0.3 is 0 Å². The van der Waals surface area contributed by atoms with Crippen LogP contribution in [-0.2, 0) is 0 Å². The number of benzene rings is 2. The van der Waals surface area contributed by atoms with Crippen molar-refractivity contribution >= 4 is 5.69 Å². The molecule has 5 heteroatoms. The molecule has 106 valence electrons. The molecule has 0 saturated carbocycles. The molecule has 0 aromatic heterocycles. The maximum absolute atomic E-state index is 13.3. The molecule has 0 radical (unpaired) electrons. The van der Waals surface area contributed by atoms with Crippen molar-refractivity contribution in [2.75, 3.05) is 18.9 Å². The van der Waals surface area contributed by atoms with Gasteiger partial charge in [-0.25, -0.2) is 8.78 Å². The third kappa shape index (κ3) is 3.85. The molecule has 0 heterocycles. The van der Waals surface area contributed by atoms with Crippen molar-refractivity contribution in [2.45, 2.75) is 6.42 Å². The van der Waals surface area contributed by atoms with Crippen LogP contribution >= 0.6 is 0 Å². The standard InChI is InChI=1S/C15H15F2NO2/c16-13-6-2-7-14(17)15(13)20-9-3-8-19-12-5-1-4-11(18)10-12/h1-2,4-7,10H,3,8-9,18H2. The van der Waals surface area contributed by atoms with E-state index >= 15 is 0 Å². The lowest BCUT2D eigenvalue weighted by molar-refractivity contribution is 0.234. The van der Waals surface area contributed by atoms with Crippen LogP contribution in [0.1, 0.15) is 6.42 Å². The summed E-state index contributed by atoms with van der Waals surface area (Å²) < 4.78 is 37.0. The van der Waals surface area contributed by atoms with Gasteiger partial charge < -0.3 is 15.2 Å². The van der Waals surface area contributed by atoms with Crippen LogP contribution in [-0.4, -0.2) is 13.2 Å². The second-order valence-electron chi connectivity index (χ2n) is 4.17. The number of anilines is 1. The average molecular weight is 279 g/mol. The predicted molar refractivity (Wildman–Crippen MR) is 72.8 cm³/mol. The molecule has 0 aliphatic carbocycles. The number of halogens is 2. The molecule has 0 saturated heterocycles. The lowest BCUT2D eigenvalue weighted by atomic mass is 10.3. The van der Waals surface area contributed by atoms with Crippen LogP contribution in [0.25, 0.3) is 0 Å². The minimum absolute atomic E-state index is 0.167. The summed E-state index contributed by atoms with van der Waals surface area (Å²) in [5, 5.41) is 0. The number of hydrogen-bond acceptors (Lipinski definition) is 3. The maximum Gasteiger partial charge on any atom is 0.190 e. The fourth-order valence-corrected chi connectivity index (χ4v) is 1.65. The van der Waals surface area contributed by atoms with Gasteiger partial charge in [0.2, 0.25) is 0 Å². The number of nitrogen functional groups attached to an aromatic ring is 1. The highest BCUT2D eigenvalue weighted by molar-refractivity contribution is 5.43. The van der Waals surface area contributed by atoms with Crippen LogP contribution < -0.4 is 15.2 Å². The van der Waals surface area contributed by atoms with Crippen molar-refractivity contribution in [2.24, 2.45) is 0 Å². The summed E-state index contributed by atoms with van der Waals surface area (Å²) in [6, 6.07) is 10.6. The quantitative estimate of drug-likeness (QED) is 0.651. The minimum Gasteiger partial charge on any atom is -0.493 e. The summed E-state index contributed by atoms with van der Waals surface area (Å²) in [6.45, 7) is 0.541. The Morgan fingerprint density at radius 2 is 1.55 bits per heavy atom. The first-order chi connectivity index (χ1) is 9.66. The van der Waals surface area contributed by atoms with Crippen LogP contribution in [0.15, 0.2) is 42.5 Å². The van der Waals surface area contributed by atoms with Crippen LogP contribution in [0.5, 0.6) is 11.5 Å². The predicted octanol–water partition coefficient (Wildman–Crippen LogP) is 3.39. The van der Waals surface area contributed by atoms with E-state index in [1.807, 2.05) is 0 Å². The average Bonchev–Trinajstić information content (AvgIpc) is 2.41. The first kappa shape index (κ1) is 14.1. The maximum atomic E-state index is 13.3. The van der Waals surface area contributed by atoms with E-state index in [1.54, 1.807) is 24.3 Å². The topological polar surface area (TPSA) is 44.5 Å². The SMILES string of the molecule is Nc1cccc(OCCCOc2c(F)cccc2F)c1. The molecule has 2 aromatic rings. The largest absolute Gasteiger partial charge is 0.493 e. The molecular formula is C15H15F2NO2. The van der Waals surface area contributed by atoms with Crippen molar-refractivity contribution in [3.8, 4) is 11.5 Å². The minimum atomic E-state index is -0.707. The van der Waals surface area contributed by atoms with Gasteiger partial charge in [0.1, 0.15) is 5.75 Å². The summed E-state index contributed by atoms with van der Waals surface area (Å²) >= 11 is 0. The van der Waals surface area contributed by atoms with Gasteiger partial charge in [-0.05, 0) is 24.3 Å². The van der Waals surface area contributed by atoms with E-state index in [-0.39, 0.29) is 12.4 Å². The van der Waals surface area contributed by atoms with E-state index < -0.39 is 11.6 Å². The van der Waals surface area contributed by atoms with Gasteiger partial charge in [-0.2, -0.15) is 0 Å². The van der Waals surface area contributed by atoms with Gasteiger partial charge in [-0.15, -0.1) is 0 Å². The number of hydrogen-bond donors (Lipinski definition) is 1. The van der Waals surface area contributed by atoms with Crippen LogP contribution in [0, 0.1) is 11.6 Å². The van der Waals surface area contributed by atoms with Gasteiger partial charge in [0.05, 0.1) is 13.2 Å². The summed E-state index contributed by atoms with van der Waals surface area (Å²) in [6.07, 6.45) is 0.503. The zero-order valence-corrected chi connectivity index (χ0v) is 10.8. The third-order valence-electron chi connectivity index (χ3n) is 2.58. The molecule has 0 amide bonds. The van der Waals surface area contributed by atoms with Crippen LogP contribution in [0.3, 0.4) is 0 Å². The van der Waals surface area contributed by atoms with Crippen molar-refractivity contribution in [1.29, 1.82) is 0 Å². The Morgan fingerprint density at radius 3 is 2.25 bits per heavy atom. The number of ether oxygens (including phenoxy) is 2. The Hall–Kier alpha value is -2.30. The zero-order valence-electron chi connectivity index (χ0n) is 10.8. The second-order valence-corrected chi connectivity index (χ2v) is 4.17. The lowest BCUT2D eigenvalue weighted by Gasteiger charge is -2.09. The van der Waals surface area contributed by atoms with Gasteiger partial charge in [0, 0.05) is 18.2 Å². The third-order valence-corrected chi connectivity index (χ3v) is 2.58. The summed E-state index contributed by atoms with van der Waals surface area (Å²) in [5.41, 5.74) is 6.23. The summed E-state index contributed by atoms with van der Waals surface area (Å²) in [5.74, 6) is -1.11. The number of para-hydroxylation sites is 1. The van der Waals surface area contributed by atoms with E-state index in [1.165, 1.54) is 6.07 Å².